The maximum Gasteiger partial charge on any atom is 0.364 e. The fraction of sp³-hybridized carbons (Fsp3) is 0.846. The highest BCUT2D eigenvalue weighted by Crippen LogP contribution is 2.33. The van der Waals surface area contributed by atoms with Crippen molar-refractivity contribution in [2.45, 2.75) is 55.8 Å². The molecule has 1 rings (SSSR count). The lowest BCUT2D eigenvalue weighted by atomic mass is 9.87. The smallest absolute Gasteiger partial charge is 0.364 e. The van der Waals surface area contributed by atoms with Crippen molar-refractivity contribution in [1.29, 1.82) is 0 Å². The molecule has 0 aromatic rings. The normalized spacial score (nSPS) is 33.4. The molecule has 2 unspecified atom stereocenters. The Balaban J connectivity index is 3.34. The molecule has 0 spiro atoms. The molecular weight excluding hydrogens is 346 g/mol. The first-order valence-electron chi connectivity index (χ1n) is 7.36. The lowest BCUT2D eigenvalue weighted by Crippen LogP contribution is -2.69. The summed E-state index contributed by atoms with van der Waals surface area (Å²) in [6.45, 7) is -0.954. The second-order valence-electron chi connectivity index (χ2n) is 5.76. The molecule has 146 valence electrons. The number of hydrogen-bond donors (Lipinski definition) is 8. The highest BCUT2D eigenvalue weighted by Gasteiger charge is 2.56. The van der Waals surface area contributed by atoms with Crippen LogP contribution in [0.4, 0.5) is 0 Å². The summed E-state index contributed by atoms with van der Waals surface area (Å²) in [6.07, 6.45) is -10.4. The number of nitrogens with zero attached hydrogens (tertiary/aromatic N) is 1. The number of aliphatic hydroxyl groups is 7. The fourth-order valence-corrected chi connectivity index (χ4v) is 2.75. The highest BCUT2D eigenvalue weighted by atomic mass is 16.7. The number of carbonyl (C=O) groups excluding carboxylic acids is 1. The second kappa shape index (κ2) is 8.33. The van der Waals surface area contributed by atoms with Crippen LogP contribution in [0.2, 0.25) is 0 Å². The first kappa shape index (κ1) is 21.7. The summed E-state index contributed by atoms with van der Waals surface area (Å²) in [7, 11) is 0. The number of aliphatic carboxylic acids is 1. The van der Waals surface area contributed by atoms with E-state index < -0.39 is 74.0 Å². The largest absolute Gasteiger partial charge is 0.477 e. The first-order chi connectivity index (χ1) is 11.5. The molecule has 0 aromatic heterocycles. The van der Waals surface area contributed by atoms with E-state index in [1.165, 1.54) is 0 Å². The maximum absolute atomic E-state index is 11.8. The molecular formula is C13H23NO11. The van der Waals surface area contributed by atoms with Gasteiger partial charge in [-0.1, -0.05) is 0 Å². The molecule has 7 atom stereocenters. The average molecular weight is 369 g/mol. The average Bonchev–Trinajstić information content (AvgIpc) is 2.54. The predicted molar refractivity (Wildman–Crippen MR) is 76.6 cm³/mol. The number of aliphatic hydroxyl groups excluding tert-OH is 6. The van der Waals surface area contributed by atoms with Crippen LogP contribution in [0.3, 0.4) is 0 Å². The lowest BCUT2D eigenvalue weighted by Gasteiger charge is -2.49. The number of hydrogen-bond acceptors (Lipinski definition) is 10. The van der Waals surface area contributed by atoms with Crippen LogP contribution in [0, 0.1) is 0 Å². The van der Waals surface area contributed by atoms with Gasteiger partial charge >= 0.3 is 5.97 Å². The number of ether oxygens (including phenoxy) is 1. The minimum atomic E-state index is -2.94. The lowest BCUT2D eigenvalue weighted by molar-refractivity contribution is -0.308. The molecule has 0 aromatic carbocycles. The van der Waals surface area contributed by atoms with E-state index in [4.69, 9.17) is 20.1 Å². The molecule has 8 N–H and O–H groups in total. The van der Waals surface area contributed by atoms with Gasteiger partial charge in [-0.3, -0.25) is 4.79 Å². The number of amides is 1. The number of rotatable bonds is 7. The molecule has 12 heteroatoms. The van der Waals surface area contributed by atoms with Crippen molar-refractivity contribution in [1.82, 2.24) is 4.90 Å². The molecule has 1 heterocycles. The highest BCUT2D eigenvalue weighted by molar-refractivity contribution is 5.76. The topological polar surface area (TPSA) is 208 Å². The van der Waals surface area contributed by atoms with Crippen molar-refractivity contribution < 1.29 is 55.2 Å². The van der Waals surface area contributed by atoms with Crippen LogP contribution < -0.4 is 0 Å². The Morgan fingerprint density at radius 3 is 2.20 bits per heavy atom. The van der Waals surface area contributed by atoms with Crippen LogP contribution >= 0.6 is 0 Å². The molecule has 1 saturated heterocycles. The summed E-state index contributed by atoms with van der Waals surface area (Å²) in [5, 5.41) is 76.8. The molecule has 12 nitrogen and oxygen atoms in total. The Hall–Kier alpha value is -1.38. The summed E-state index contributed by atoms with van der Waals surface area (Å²) in [4.78, 5) is 23.5. The van der Waals surface area contributed by atoms with Crippen LogP contribution in [-0.2, 0) is 14.3 Å². The molecule has 1 aliphatic heterocycles. The Kier molecular flexibility index (Phi) is 7.22. The third-order valence-electron chi connectivity index (χ3n) is 3.97. The summed E-state index contributed by atoms with van der Waals surface area (Å²) in [5.41, 5.74) is 0. The number of carboxylic acid groups (broad SMARTS) is 1. The fourth-order valence-electron chi connectivity index (χ4n) is 2.75. The van der Waals surface area contributed by atoms with Gasteiger partial charge in [0.25, 0.3) is 5.79 Å². The van der Waals surface area contributed by atoms with Crippen molar-refractivity contribution in [3.05, 3.63) is 0 Å². The van der Waals surface area contributed by atoms with Crippen molar-refractivity contribution in [2.24, 2.45) is 0 Å². The summed E-state index contributed by atoms with van der Waals surface area (Å²) in [6, 6.07) is -1.63. The molecule has 0 aliphatic carbocycles. The van der Waals surface area contributed by atoms with Crippen molar-refractivity contribution in [3.63, 3.8) is 0 Å². The quantitative estimate of drug-likeness (QED) is 0.199. The van der Waals surface area contributed by atoms with Crippen LogP contribution in [0.15, 0.2) is 0 Å². The predicted octanol–water partition coefficient (Wildman–Crippen LogP) is -4.85. The summed E-state index contributed by atoms with van der Waals surface area (Å²) in [5.74, 6) is -5.70. The Bertz CT molecular complexity index is 489. The number of carboxylic acids is 1. The van der Waals surface area contributed by atoms with Gasteiger partial charge in [0.15, 0.2) is 6.23 Å². The van der Waals surface area contributed by atoms with E-state index in [0.29, 0.717) is 4.90 Å². The van der Waals surface area contributed by atoms with Gasteiger partial charge in [0, 0.05) is 13.3 Å². The van der Waals surface area contributed by atoms with E-state index in [1.807, 2.05) is 0 Å². The van der Waals surface area contributed by atoms with Gasteiger partial charge in [0.2, 0.25) is 5.91 Å². The van der Waals surface area contributed by atoms with Crippen molar-refractivity contribution in [2.75, 3.05) is 13.2 Å². The summed E-state index contributed by atoms with van der Waals surface area (Å²) >= 11 is 0. The van der Waals surface area contributed by atoms with Gasteiger partial charge in [0.1, 0.15) is 18.3 Å². The van der Waals surface area contributed by atoms with E-state index in [2.05, 4.69) is 0 Å². The molecule has 1 amide bonds. The van der Waals surface area contributed by atoms with E-state index in [1.54, 1.807) is 0 Å². The molecule has 0 saturated carbocycles. The van der Waals surface area contributed by atoms with Gasteiger partial charge in [0.05, 0.1) is 25.4 Å². The first-order valence-corrected chi connectivity index (χ1v) is 7.36. The van der Waals surface area contributed by atoms with E-state index in [0.717, 1.165) is 6.92 Å². The monoisotopic (exact) mass is 369 g/mol. The molecule has 0 bridgehead atoms. The molecule has 1 aliphatic rings. The van der Waals surface area contributed by atoms with Gasteiger partial charge in [-0.2, -0.15) is 0 Å². The van der Waals surface area contributed by atoms with Gasteiger partial charge in [-0.25, -0.2) is 4.79 Å². The molecule has 1 fully saturated rings. The Morgan fingerprint density at radius 1 is 1.24 bits per heavy atom. The summed E-state index contributed by atoms with van der Waals surface area (Å²) < 4.78 is 4.92. The van der Waals surface area contributed by atoms with Crippen LogP contribution in [-0.4, -0.2) is 113 Å². The van der Waals surface area contributed by atoms with Gasteiger partial charge in [-0.05, 0) is 0 Å². The Labute approximate surface area is 142 Å². The van der Waals surface area contributed by atoms with E-state index >= 15 is 0 Å². The molecule has 0 radical (unpaired) electrons. The van der Waals surface area contributed by atoms with Gasteiger partial charge in [-0.15, -0.1) is 0 Å². The van der Waals surface area contributed by atoms with Gasteiger partial charge < -0.3 is 50.5 Å². The third-order valence-corrected chi connectivity index (χ3v) is 3.97. The SMILES string of the molecule is CC(=O)N(C(O)CO)[C@@H]1[C@@H](O)C[C@](O)(C(=O)O)O[C@H]1C(O)[C@H](O)CO. The van der Waals surface area contributed by atoms with Crippen molar-refractivity contribution >= 4 is 11.9 Å². The van der Waals surface area contributed by atoms with E-state index in [9.17, 15) is 35.1 Å². The van der Waals surface area contributed by atoms with Crippen molar-refractivity contribution in [3.8, 4) is 0 Å². The molecule has 25 heavy (non-hydrogen) atoms. The standard InChI is InChI=1S/C13H23NO11/c1-5(17)14(8(20)4-16)9-6(18)2-13(24,12(22)23)25-11(9)10(21)7(19)3-15/h6-11,15-16,18-21,24H,2-4H2,1H3,(H,22,23)/t6-,7+,8?,9+,10?,11+,13+/m0/s1. The minimum Gasteiger partial charge on any atom is -0.477 e. The van der Waals surface area contributed by atoms with Crippen LogP contribution in [0.25, 0.3) is 0 Å². The number of carbonyl (C=O) groups is 2. The van der Waals surface area contributed by atoms with Crippen LogP contribution in [0.5, 0.6) is 0 Å². The minimum absolute atomic E-state index is 0.532. The van der Waals surface area contributed by atoms with E-state index in [-0.39, 0.29) is 0 Å². The Morgan fingerprint density at radius 2 is 1.80 bits per heavy atom. The maximum atomic E-state index is 11.8. The van der Waals surface area contributed by atoms with Crippen LogP contribution in [0.1, 0.15) is 13.3 Å². The zero-order chi connectivity index (χ0) is 19.5. The zero-order valence-corrected chi connectivity index (χ0v) is 13.3. The second-order valence-corrected chi connectivity index (χ2v) is 5.76. The third kappa shape index (κ3) is 4.43. The zero-order valence-electron chi connectivity index (χ0n) is 13.3.